The average Bonchev–Trinajstić information content (AvgIpc) is 3.55. The molecule has 7 rings (SSSR count). The van der Waals surface area contributed by atoms with E-state index in [1.165, 1.54) is 22.3 Å². The molecule has 0 atom stereocenters. The molecule has 1 aliphatic carbocycles. The van der Waals surface area contributed by atoms with Crippen LogP contribution in [0.2, 0.25) is 0 Å². The molecule has 3 aromatic carbocycles. The van der Waals surface area contributed by atoms with E-state index in [1.54, 1.807) is 23.0 Å². The van der Waals surface area contributed by atoms with Crippen molar-refractivity contribution >= 4 is 0 Å². The fourth-order valence-electron chi connectivity index (χ4n) is 5.29. The number of hydrogen-bond acceptors (Lipinski definition) is 4. The third-order valence-electron chi connectivity index (χ3n) is 6.77. The van der Waals surface area contributed by atoms with Crippen LogP contribution in [0, 0.1) is 12.3 Å². The summed E-state index contributed by atoms with van der Waals surface area (Å²) in [6.45, 7) is 0. The van der Waals surface area contributed by atoms with Gasteiger partial charge in [-0.3, -0.25) is 15.0 Å². The normalized spacial score (nSPS) is 12.7. The molecule has 1 aliphatic rings. The molecule has 0 aliphatic heterocycles. The molecule has 184 valence electrons. The number of ether oxygens (including phenoxy) is 1. The van der Waals surface area contributed by atoms with Gasteiger partial charge in [0.25, 0.3) is 0 Å². The van der Waals surface area contributed by atoms with Gasteiger partial charge in [-0.25, -0.2) is 0 Å². The zero-order chi connectivity index (χ0) is 24.7. The van der Waals surface area contributed by atoms with Crippen molar-refractivity contribution in [1.82, 2.24) is 19.5 Å². The largest absolute Gasteiger partial charge is 2.00 e. The second-order valence-electron chi connectivity index (χ2n) is 8.80. The molecule has 0 unspecified atom stereocenters. The van der Waals surface area contributed by atoms with Crippen molar-refractivity contribution in [3.8, 4) is 28.6 Å². The van der Waals surface area contributed by atoms with Crippen LogP contribution in [0.15, 0.2) is 122 Å². The summed E-state index contributed by atoms with van der Waals surface area (Å²) in [7, 11) is 0. The zero-order valence-electron chi connectivity index (χ0n) is 20.1. The van der Waals surface area contributed by atoms with E-state index in [-0.39, 0.29) is 21.1 Å². The summed E-state index contributed by atoms with van der Waals surface area (Å²) in [4.78, 5) is 13.4. The molecule has 0 saturated heterocycles. The fraction of sp³-hybridized carbons (Fsp3) is 0.0312. The van der Waals surface area contributed by atoms with E-state index >= 15 is 0 Å². The van der Waals surface area contributed by atoms with Gasteiger partial charge >= 0.3 is 21.1 Å². The van der Waals surface area contributed by atoms with E-state index in [0.717, 1.165) is 11.3 Å². The maximum Gasteiger partial charge on any atom is 2.00 e. The van der Waals surface area contributed by atoms with E-state index in [1.807, 2.05) is 42.7 Å². The summed E-state index contributed by atoms with van der Waals surface area (Å²) < 4.78 is 7.94. The summed E-state index contributed by atoms with van der Waals surface area (Å²) in [6.07, 6.45) is 10.2. The van der Waals surface area contributed by atoms with Crippen molar-refractivity contribution in [1.29, 1.82) is 0 Å². The standard InChI is InChI=1S/C32H20N4O.Pt/c1-3-13-28-26(11-1)27-12-2-4-14-29(27)32(28,30-15-5-6-17-33-30)23-9-7-10-24(21-23)37-25-16-20-36(22-25)31-34-18-8-19-35-31;/h1-20H;/q-2;+2. The van der Waals surface area contributed by atoms with E-state index in [4.69, 9.17) is 9.72 Å². The number of pyridine rings is 1. The Labute approximate surface area is 235 Å². The van der Waals surface area contributed by atoms with Gasteiger partial charge in [0.2, 0.25) is 0 Å². The number of nitrogens with zero attached hydrogens (tertiary/aromatic N) is 4. The Morgan fingerprint density at radius 1 is 0.632 bits per heavy atom. The molecule has 5 nitrogen and oxygen atoms in total. The van der Waals surface area contributed by atoms with Crippen molar-refractivity contribution in [2.45, 2.75) is 5.41 Å². The summed E-state index contributed by atoms with van der Waals surface area (Å²) in [5.74, 6) is 1.68. The number of fused-ring (bicyclic) bond motifs is 3. The van der Waals surface area contributed by atoms with Gasteiger partial charge in [-0.05, 0) is 46.6 Å². The van der Waals surface area contributed by atoms with E-state index < -0.39 is 5.41 Å². The van der Waals surface area contributed by atoms with Gasteiger partial charge in [-0.15, -0.1) is 30.0 Å². The van der Waals surface area contributed by atoms with Gasteiger partial charge in [0, 0.05) is 24.3 Å². The smallest absolute Gasteiger partial charge is 0.502 e. The van der Waals surface area contributed by atoms with Gasteiger partial charge in [0.05, 0.1) is 16.9 Å². The number of rotatable bonds is 5. The molecular weight excluding hydrogens is 651 g/mol. The monoisotopic (exact) mass is 671 g/mol. The Morgan fingerprint density at radius 2 is 1.32 bits per heavy atom. The van der Waals surface area contributed by atoms with Crippen LogP contribution in [-0.4, -0.2) is 19.5 Å². The topological polar surface area (TPSA) is 52.8 Å². The first-order valence-corrected chi connectivity index (χ1v) is 12.0. The van der Waals surface area contributed by atoms with Gasteiger partial charge in [-0.2, -0.15) is 12.1 Å². The molecule has 0 radical (unpaired) electrons. The zero-order valence-corrected chi connectivity index (χ0v) is 22.3. The Kier molecular flexibility index (Phi) is 6.22. The van der Waals surface area contributed by atoms with Gasteiger partial charge in [0.1, 0.15) is 5.95 Å². The van der Waals surface area contributed by atoms with Crippen LogP contribution < -0.4 is 4.74 Å². The second-order valence-corrected chi connectivity index (χ2v) is 8.80. The molecule has 0 fully saturated rings. The Balaban J connectivity index is 0.00000264. The van der Waals surface area contributed by atoms with Gasteiger partial charge < -0.3 is 9.30 Å². The SMILES string of the molecule is [Pt+2].[c-]1c(Oc2[c-]n(-c3ncccn3)cc2)cccc1C1(c2ccccn2)c2ccccc2-c2ccccc21. The second kappa shape index (κ2) is 9.85. The van der Waals surface area contributed by atoms with Crippen molar-refractivity contribution in [3.05, 3.63) is 156 Å². The van der Waals surface area contributed by atoms with Gasteiger partial charge in [0.15, 0.2) is 0 Å². The first-order valence-electron chi connectivity index (χ1n) is 12.0. The van der Waals surface area contributed by atoms with Crippen LogP contribution in [-0.2, 0) is 26.5 Å². The molecule has 0 bridgehead atoms. The van der Waals surface area contributed by atoms with Crippen molar-refractivity contribution in [2.24, 2.45) is 0 Å². The van der Waals surface area contributed by atoms with Crippen LogP contribution in [0.3, 0.4) is 0 Å². The molecule has 0 saturated carbocycles. The van der Waals surface area contributed by atoms with E-state index in [0.29, 0.717) is 17.4 Å². The van der Waals surface area contributed by atoms with Crippen LogP contribution in [0.5, 0.6) is 11.5 Å². The van der Waals surface area contributed by atoms with Crippen molar-refractivity contribution in [3.63, 3.8) is 0 Å². The summed E-state index contributed by atoms with van der Waals surface area (Å²) in [5, 5.41) is 0. The molecule has 6 heteroatoms. The summed E-state index contributed by atoms with van der Waals surface area (Å²) >= 11 is 0. The van der Waals surface area contributed by atoms with Gasteiger partial charge in [-0.1, -0.05) is 54.6 Å². The Morgan fingerprint density at radius 3 is 2.03 bits per heavy atom. The molecular formula is C32H20N4OPt. The van der Waals surface area contributed by atoms with E-state index in [2.05, 4.69) is 82.9 Å². The molecule has 0 amide bonds. The quantitative estimate of drug-likeness (QED) is 0.199. The average molecular weight is 672 g/mol. The Bertz CT molecular complexity index is 1670. The third-order valence-corrected chi connectivity index (χ3v) is 6.77. The summed E-state index contributed by atoms with van der Waals surface area (Å²) in [6, 6.07) is 36.4. The number of hydrogen-bond donors (Lipinski definition) is 0. The van der Waals surface area contributed by atoms with Crippen LogP contribution in [0.4, 0.5) is 0 Å². The predicted octanol–water partition coefficient (Wildman–Crippen LogP) is 6.42. The molecule has 3 aromatic heterocycles. The maximum atomic E-state index is 6.23. The molecule has 0 spiro atoms. The predicted molar refractivity (Wildman–Crippen MR) is 141 cm³/mol. The van der Waals surface area contributed by atoms with Crippen LogP contribution in [0.25, 0.3) is 17.1 Å². The molecule has 3 heterocycles. The Hall–Kier alpha value is -4.34. The minimum atomic E-state index is -0.624. The van der Waals surface area contributed by atoms with E-state index in [9.17, 15) is 0 Å². The number of aromatic nitrogens is 4. The van der Waals surface area contributed by atoms with Crippen LogP contribution >= 0.6 is 0 Å². The molecule has 0 N–H and O–H groups in total. The number of benzene rings is 3. The minimum absolute atomic E-state index is 0. The first kappa shape index (κ1) is 24.0. The van der Waals surface area contributed by atoms with Crippen molar-refractivity contribution < 1.29 is 25.8 Å². The molecule has 38 heavy (non-hydrogen) atoms. The minimum Gasteiger partial charge on any atom is -0.502 e. The third kappa shape index (κ3) is 3.79. The maximum absolute atomic E-state index is 6.23. The first-order chi connectivity index (χ1) is 18.3. The summed E-state index contributed by atoms with van der Waals surface area (Å²) in [5.41, 5.74) is 6.06. The molecule has 6 aromatic rings. The fourth-order valence-corrected chi connectivity index (χ4v) is 5.29. The van der Waals surface area contributed by atoms with Crippen molar-refractivity contribution in [2.75, 3.05) is 0 Å². The van der Waals surface area contributed by atoms with Crippen LogP contribution in [0.1, 0.15) is 22.4 Å².